The highest BCUT2D eigenvalue weighted by Gasteiger charge is 2.32. The number of aryl methyl sites for hydroxylation is 1. The number of nitrogens with one attached hydrogen (secondary N) is 1. The first-order valence-electron chi connectivity index (χ1n) is 8.60. The monoisotopic (exact) mass is 347 g/mol. The molecule has 0 unspecified atom stereocenters. The third-order valence-corrected chi connectivity index (χ3v) is 4.82. The van der Waals surface area contributed by atoms with E-state index >= 15 is 0 Å². The number of carbonyl (C=O) groups excluding carboxylic acids is 2. The molecular weight excluding hydrogens is 326 g/mol. The van der Waals surface area contributed by atoms with Crippen LogP contribution >= 0.6 is 0 Å². The third kappa shape index (κ3) is 3.21. The quantitative estimate of drug-likeness (QED) is 0.666. The first-order chi connectivity index (χ1) is 12.4. The van der Waals surface area contributed by atoms with Crippen LogP contribution in [0.5, 0.6) is 0 Å². The molecule has 3 rings (SSSR count). The van der Waals surface area contributed by atoms with Crippen molar-refractivity contribution in [2.75, 3.05) is 5.32 Å². The Hall–Kier alpha value is -3.06. The molecule has 132 valence electrons. The van der Waals surface area contributed by atoms with Crippen molar-refractivity contribution in [2.24, 2.45) is 0 Å². The molecule has 0 bridgehead atoms. The minimum atomic E-state index is -0.509. The number of terminal acetylenes is 1. The Balaban J connectivity index is 2.04. The number of fused-ring (bicyclic) bond motifs is 1. The van der Waals surface area contributed by atoms with E-state index in [0.29, 0.717) is 18.4 Å². The average Bonchev–Trinajstić information content (AvgIpc) is 2.60. The highest BCUT2D eigenvalue weighted by Crippen LogP contribution is 2.39. The molecule has 26 heavy (non-hydrogen) atoms. The van der Waals surface area contributed by atoms with Crippen molar-refractivity contribution in [1.82, 2.24) is 0 Å². The Bertz CT molecular complexity index is 935. The molecule has 0 spiro atoms. The number of hydrogen-bond donors (Lipinski definition) is 1. The Morgan fingerprint density at radius 1 is 1.23 bits per heavy atom. The fraction of sp³-hybridized carbons (Fsp3) is 0.273. The summed E-state index contributed by atoms with van der Waals surface area (Å²) in [6, 6.07) is 11.7. The predicted octanol–water partition coefficient (Wildman–Crippen LogP) is 4.28. The van der Waals surface area contributed by atoms with Crippen molar-refractivity contribution < 1.29 is 14.3 Å². The number of benzene rings is 2. The van der Waals surface area contributed by atoms with E-state index in [0.717, 1.165) is 27.9 Å². The summed E-state index contributed by atoms with van der Waals surface area (Å²) in [7, 11) is 0. The molecule has 0 radical (unpaired) electrons. The SMILES string of the molecule is C#COC(=O)c1ccc(-c2ccc3c(c2)C(C)(C)CC(=O)N3)cc1CC. The molecule has 0 atom stereocenters. The lowest BCUT2D eigenvalue weighted by atomic mass is 9.77. The van der Waals surface area contributed by atoms with Gasteiger partial charge in [-0.25, -0.2) is 4.79 Å². The van der Waals surface area contributed by atoms with Crippen LogP contribution in [0.25, 0.3) is 11.1 Å². The van der Waals surface area contributed by atoms with Crippen LogP contribution in [0.3, 0.4) is 0 Å². The summed E-state index contributed by atoms with van der Waals surface area (Å²) in [4.78, 5) is 23.8. The van der Waals surface area contributed by atoms with Crippen molar-refractivity contribution in [3.05, 3.63) is 53.1 Å². The van der Waals surface area contributed by atoms with Crippen LogP contribution in [0, 0.1) is 12.5 Å². The highest BCUT2D eigenvalue weighted by atomic mass is 16.5. The number of amides is 1. The van der Waals surface area contributed by atoms with E-state index < -0.39 is 5.97 Å². The van der Waals surface area contributed by atoms with Crippen LogP contribution < -0.4 is 5.32 Å². The van der Waals surface area contributed by atoms with Crippen molar-refractivity contribution in [1.29, 1.82) is 0 Å². The molecule has 0 saturated heterocycles. The molecular formula is C22H21NO3. The van der Waals surface area contributed by atoms with Crippen LogP contribution in [-0.4, -0.2) is 11.9 Å². The fourth-order valence-corrected chi connectivity index (χ4v) is 3.46. The van der Waals surface area contributed by atoms with E-state index in [-0.39, 0.29) is 11.3 Å². The average molecular weight is 347 g/mol. The topological polar surface area (TPSA) is 55.4 Å². The van der Waals surface area contributed by atoms with Gasteiger partial charge in [0, 0.05) is 17.5 Å². The van der Waals surface area contributed by atoms with Crippen molar-refractivity contribution in [3.63, 3.8) is 0 Å². The lowest BCUT2D eigenvalue weighted by Gasteiger charge is -2.32. The van der Waals surface area contributed by atoms with Gasteiger partial charge >= 0.3 is 5.97 Å². The zero-order valence-corrected chi connectivity index (χ0v) is 15.2. The number of carbonyl (C=O) groups is 2. The van der Waals surface area contributed by atoms with Gasteiger partial charge in [-0.3, -0.25) is 4.79 Å². The minimum absolute atomic E-state index is 0.0416. The lowest BCUT2D eigenvalue weighted by Crippen LogP contribution is -2.32. The van der Waals surface area contributed by atoms with Crippen LogP contribution in [0.4, 0.5) is 5.69 Å². The second kappa shape index (κ2) is 6.68. The number of esters is 1. The van der Waals surface area contributed by atoms with E-state index in [2.05, 4.69) is 30.0 Å². The molecule has 1 amide bonds. The normalized spacial score (nSPS) is 14.8. The summed E-state index contributed by atoms with van der Waals surface area (Å²) in [5, 5.41) is 2.94. The van der Waals surface area contributed by atoms with E-state index in [1.165, 1.54) is 0 Å². The maximum Gasteiger partial charge on any atom is 0.352 e. The second-order valence-electron chi connectivity index (χ2n) is 7.10. The summed E-state index contributed by atoms with van der Waals surface area (Å²) in [5.74, 6) is -0.468. The van der Waals surface area contributed by atoms with Gasteiger partial charge in [0.2, 0.25) is 5.91 Å². The molecule has 0 aromatic heterocycles. The predicted molar refractivity (Wildman–Crippen MR) is 102 cm³/mol. The number of rotatable bonds is 3. The molecule has 0 fully saturated rings. The van der Waals surface area contributed by atoms with Gasteiger partial charge in [-0.2, -0.15) is 0 Å². The largest absolute Gasteiger partial charge is 0.369 e. The zero-order chi connectivity index (χ0) is 18.9. The fourth-order valence-electron chi connectivity index (χ4n) is 3.46. The minimum Gasteiger partial charge on any atom is -0.369 e. The smallest absolute Gasteiger partial charge is 0.352 e. The van der Waals surface area contributed by atoms with Gasteiger partial charge in [-0.15, -0.1) is 0 Å². The van der Waals surface area contributed by atoms with E-state index in [4.69, 9.17) is 6.42 Å². The third-order valence-electron chi connectivity index (χ3n) is 4.82. The van der Waals surface area contributed by atoms with E-state index in [1.54, 1.807) is 6.07 Å². The van der Waals surface area contributed by atoms with Gasteiger partial charge in [0.25, 0.3) is 0 Å². The van der Waals surface area contributed by atoms with Crippen molar-refractivity contribution >= 4 is 17.6 Å². The molecule has 4 heteroatoms. The summed E-state index contributed by atoms with van der Waals surface area (Å²) in [6.45, 7) is 6.13. The molecule has 2 aromatic rings. The van der Waals surface area contributed by atoms with Gasteiger partial charge in [0.1, 0.15) is 6.11 Å². The number of anilines is 1. The Kier molecular flexibility index (Phi) is 4.56. The van der Waals surface area contributed by atoms with Crippen LogP contribution in [0.2, 0.25) is 0 Å². The summed E-state index contributed by atoms with van der Waals surface area (Å²) in [5.41, 5.74) is 5.17. The van der Waals surface area contributed by atoms with Gasteiger partial charge in [0.05, 0.1) is 5.56 Å². The summed E-state index contributed by atoms with van der Waals surface area (Å²) < 4.78 is 4.68. The zero-order valence-electron chi connectivity index (χ0n) is 15.2. The lowest BCUT2D eigenvalue weighted by molar-refractivity contribution is -0.117. The summed E-state index contributed by atoms with van der Waals surface area (Å²) in [6.07, 6.45) is 8.13. The standard InChI is InChI=1S/C22H21NO3/c1-5-14-11-15(7-9-17(14)21(25)26-6-2)16-8-10-19-18(12-16)22(3,4)13-20(24)23-19/h2,7-12H,5,13H2,1,3-4H3,(H,23,24). The maximum absolute atomic E-state index is 12.0. The Labute approximate surface area is 153 Å². The molecule has 0 aliphatic carbocycles. The molecule has 0 saturated carbocycles. The van der Waals surface area contributed by atoms with Crippen LogP contribution in [0.1, 0.15) is 48.7 Å². The molecule has 1 heterocycles. The van der Waals surface area contributed by atoms with E-state index in [9.17, 15) is 9.59 Å². The molecule has 2 aromatic carbocycles. The van der Waals surface area contributed by atoms with Crippen molar-refractivity contribution in [2.45, 2.75) is 39.0 Å². The van der Waals surface area contributed by atoms with Gasteiger partial charge in [-0.1, -0.05) is 45.4 Å². The molecule has 4 nitrogen and oxygen atoms in total. The van der Waals surface area contributed by atoms with Crippen LogP contribution in [-0.2, 0) is 21.4 Å². The first kappa shape index (κ1) is 17.8. The van der Waals surface area contributed by atoms with Gasteiger partial charge < -0.3 is 10.1 Å². The summed E-state index contributed by atoms with van der Waals surface area (Å²) >= 11 is 0. The van der Waals surface area contributed by atoms with E-state index in [1.807, 2.05) is 37.3 Å². The van der Waals surface area contributed by atoms with Gasteiger partial charge in [-0.05, 0) is 46.9 Å². The Morgan fingerprint density at radius 3 is 2.62 bits per heavy atom. The van der Waals surface area contributed by atoms with Crippen molar-refractivity contribution in [3.8, 4) is 23.7 Å². The molecule has 1 N–H and O–H groups in total. The first-order valence-corrected chi connectivity index (χ1v) is 8.60. The molecule has 1 aliphatic heterocycles. The second-order valence-corrected chi connectivity index (χ2v) is 7.10. The number of ether oxygens (including phenoxy) is 1. The van der Waals surface area contributed by atoms with Gasteiger partial charge in [0.15, 0.2) is 0 Å². The Morgan fingerprint density at radius 2 is 1.92 bits per heavy atom. The van der Waals surface area contributed by atoms with Crippen LogP contribution in [0.15, 0.2) is 36.4 Å². The molecule has 1 aliphatic rings. The highest BCUT2D eigenvalue weighted by molar-refractivity contribution is 5.96. The maximum atomic E-state index is 12.0. The number of hydrogen-bond acceptors (Lipinski definition) is 3.